The maximum Gasteiger partial charge on any atom is 0.408 e. The number of nitrogens with one attached hydrogen (secondary N) is 2. The Morgan fingerprint density at radius 2 is 1.62 bits per heavy atom. The van der Waals surface area contributed by atoms with E-state index >= 15 is 0 Å². The van der Waals surface area contributed by atoms with Gasteiger partial charge in [0.25, 0.3) is 0 Å². The molecule has 184 valence electrons. The third-order valence-corrected chi connectivity index (χ3v) is 5.03. The number of aromatic hydroxyl groups is 1. The van der Waals surface area contributed by atoms with E-state index in [1.54, 1.807) is 19.1 Å². The van der Waals surface area contributed by atoms with Gasteiger partial charge >= 0.3 is 12.1 Å². The molecule has 2 aromatic carbocycles. The summed E-state index contributed by atoms with van der Waals surface area (Å²) < 4.78 is 10.4. The van der Waals surface area contributed by atoms with Crippen LogP contribution in [0, 0.1) is 0 Å². The number of hydrogen-bond donors (Lipinski definition) is 4. The van der Waals surface area contributed by atoms with Gasteiger partial charge in [0.15, 0.2) is 0 Å². The Morgan fingerprint density at radius 1 is 0.912 bits per heavy atom. The van der Waals surface area contributed by atoms with Crippen molar-refractivity contribution in [2.75, 3.05) is 13.2 Å². The number of nitrogens with two attached hydrogens (primary N) is 1. The SMILES string of the molecule is CCOC(=O)[C@H](Cc1ccc(O)cc1)NC(=O)[C@H](CCCCN)NC(=O)OCc1ccccc1. The lowest BCUT2D eigenvalue weighted by Gasteiger charge is -2.22. The molecule has 0 aromatic heterocycles. The molecule has 2 amide bonds. The topological polar surface area (TPSA) is 140 Å². The van der Waals surface area contributed by atoms with Crippen molar-refractivity contribution in [3.05, 3.63) is 65.7 Å². The zero-order valence-electron chi connectivity index (χ0n) is 19.4. The summed E-state index contributed by atoms with van der Waals surface area (Å²) in [5.74, 6) is -1.01. The van der Waals surface area contributed by atoms with Crippen LogP contribution in [0.4, 0.5) is 4.79 Å². The minimum atomic E-state index is -0.962. The van der Waals surface area contributed by atoms with Crippen LogP contribution in [-0.2, 0) is 32.1 Å². The van der Waals surface area contributed by atoms with Gasteiger partial charge in [0, 0.05) is 6.42 Å². The first-order valence-electron chi connectivity index (χ1n) is 11.3. The molecule has 0 aliphatic rings. The second-order valence-corrected chi connectivity index (χ2v) is 7.73. The quantitative estimate of drug-likeness (QED) is 0.260. The van der Waals surface area contributed by atoms with Gasteiger partial charge in [0.2, 0.25) is 5.91 Å². The van der Waals surface area contributed by atoms with Crippen molar-refractivity contribution >= 4 is 18.0 Å². The molecule has 0 unspecified atom stereocenters. The third-order valence-electron chi connectivity index (χ3n) is 5.03. The normalized spacial score (nSPS) is 12.3. The summed E-state index contributed by atoms with van der Waals surface area (Å²) in [5.41, 5.74) is 7.11. The Morgan fingerprint density at radius 3 is 2.26 bits per heavy atom. The fourth-order valence-electron chi connectivity index (χ4n) is 3.24. The van der Waals surface area contributed by atoms with Crippen molar-refractivity contribution in [3.8, 4) is 5.75 Å². The molecule has 9 heteroatoms. The van der Waals surface area contributed by atoms with Crippen LogP contribution in [-0.4, -0.2) is 48.3 Å². The molecular weight excluding hydrogens is 438 g/mol. The lowest BCUT2D eigenvalue weighted by atomic mass is 10.0. The lowest BCUT2D eigenvalue weighted by molar-refractivity contribution is -0.147. The molecule has 9 nitrogen and oxygen atoms in total. The highest BCUT2D eigenvalue weighted by atomic mass is 16.5. The monoisotopic (exact) mass is 471 g/mol. The molecule has 0 heterocycles. The van der Waals surface area contributed by atoms with E-state index in [1.807, 2.05) is 30.3 Å². The Hall–Kier alpha value is -3.59. The van der Waals surface area contributed by atoms with Crippen molar-refractivity contribution in [1.82, 2.24) is 10.6 Å². The highest BCUT2D eigenvalue weighted by Gasteiger charge is 2.28. The smallest absolute Gasteiger partial charge is 0.408 e. The van der Waals surface area contributed by atoms with Crippen molar-refractivity contribution < 1.29 is 29.0 Å². The fourth-order valence-corrected chi connectivity index (χ4v) is 3.24. The minimum Gasteiger partial charge on any atom is -0.508 e. The number of unbranched alkanes of at least 4 members (excludes halogenated alkanes) is 1. The second kappa shape index (κ2) is 14.5. The first-order valence-corrected chi connectivity index (χ1v) is 11.3. The molecule has 0 saturated heterocycles. The van der Waals surface area contributed by atoms with Crippen LogP contribution >= 0.6 is 0 Å². The van der Waals surface area contributed by atoms with E-state index in [9.17, 15) is 19.5 Å². The predicted molar refractivity (Wildman–Crippen MR) is 127 cm³/mol. The highest BCUT2D eigenvalue weighted by Crippen LogP contribution is 2.13. The van der Waals surface area contributed by atoms with E-state index in [0.29, 0.717) is 25.8 Å². The van der Waals surface area contributed by atoms with Gasteiger partial charge in [-0.05, 0) is 56.0 Å². The van der Waals surface area contributed by atoms with E-state index in [0.717, 1.165) is 11.1 Å². The number of alkyl carbamates (subject to hydrolysis) is 1. The Labute approximate surface area is 199 Å². The maximum atomic E-state index is 13.1. The summed E-state index contributed by atoms with van der Waals surface area (Å²) in [6, 6.07) is 13.6. The molecule has 0 fully saturated rings. The summed E-state index contributed by atoms with van der Waals surface area (Å²) >= 11 is 0. The van der Waals surface area contributed by atoms with E-state index in [1.165, 1.54) is 12.1 Å². The van der Waals surface area contributed by atoms with Gasteiger partial charge in [0.1, 0.15) is 24.4 Å². The van der Waals surface area contributed by atoms with Crippen LogP contribution in [0.5, 0.6) is 5.75 Å². The predicted octanol–water partition coefficient (Wildman–Crippen LogP) is 2.41. The molecule has 0 radical (unpaired) electrons. The summed E-state index contributed by atoms with van der Waals surface area (Å²) in [5, 5.41) is 14.8. The molecular formula is C25H33N3O6. The van der Waals surface area contributed by atoms with Gasteiger partial charge in [-0.15, -0.1) is 0 Å². The summed E-state index contributed by atoms with van der Waals surface area (Å²) in [6.07, 6.45) is 1.05. The average molecular weight is 472 g/mol. The molecule has 0 aliphatic heterocycles. The lowest BCUT2D eigenvalue weighted by Crippen LogP contribution is -2.52. The van der Waals surface area contributed by atoms with Crippen LogP contribution in [0.25, 0.3) is 0 Å². The number of benzene rings is 2. The van der Waals surface area contributed by atoms with Gasteiger partial charge in [-0.1, -0.05) is 42.5 Å². The molecule has 0 bridgehead atoms. The van der Waals surface area contributed by atoms with Crippen LogP contribution in [0.15, 0.2) is 54.6 Å². The number of carbonyl (C=O) groups excluding carboxylic acids is 3. The molecule has 34 heavy (non-hydrogen) atoms. The van der Waals surface area contributed by atoms with E-state index in [2.05, 4.69) is 10.6 Å². The molecule has 2 atom stereocenters. The largest absolute Gasteiger partial charge is 0.508 e. The van der Waals surface area contributed by atoms with E-state index in [4.69, 9.17) is 15.2 Å². The second-order valence-electron chi connectivity index (χ2n) is 7.73. The standard InChI is InChI=1S/C25H33N3O6/c1-2-33-24(31)22(16-18-11-13-20(29)14-12-18)27-23(30)21(10-6-7-15-26)28-25(32)34-17-19-8-4-3-5-9-19/h3-5,8-9,11-14,21-22,29H,2,6-7,10,15-17,26H2,1H3,(H,27,30)(H,28,32)/t21-,22-/m0/s1. The van der Waals surface area contributed by atoms with Crippen LogP contribution in [0.1, 0.15) is 37.3 Å². The number of phenols is 1. The van der Waals surface area contributed by atoms with Crippen molar-refractivity contribution in [2.24, 2.45) is 5.73 Å². The number of phenolic OH excluding ortho intramolecular Hbond substituents is 1. The third kappa shape index (κ3) is 9.50. The zero-order valence-corrected chi connectivity index (χ0v) is 19.4. The zero-order chi connectivity index (χ0) is 24.8. The summed E-state index contributed by atoms with van der Waals surface area (Å²) in [6.45, 7) is 2.36. The average Bonchev–Trinajstić information content (AvgIpc) is 2.84. The minimum absolute atomic E-state index is 0.0656. The van der Waals surface area contributed by atoms with Crippen molar-refractivity contribution in [1.29, 1.82) is 0 Å². The van der Waals surface area contributed by atoms with E-state index in [-0.39, 0.29) is 25.4 Å². The van der Waals surface area contributed by atoms with Crippen LogP contribution in [0.3, 0.4) is 0 Å². The number of ether oxygens (including phenoxy) is 2. The van der Waals surface area contributed by atoms with Gasteiger partial charge < -0.3 is 30.9 Å². The molecule has 5 N–H and O–H groups in total. The van der Waals surface area contributed by atoms with E-state index < -0.39 is 30.1 Å². The van der Waals surface area contributed by atoms with Gasteiger partial charge in [-0.2, -0.15) is 0 Å². The maximum absolute atomic E-state index is 13.1. The molecule has 2 rings (SSSR count). The van der Waals surface area contributed by atoms with Crippen molar-refractivity contribution in [2.45, 2.75) is 51.3 Å². The van der Waals surface area contributed by atoms with Gasteiger partial charge in [-0.25, -0.2) is 9.59 Å². The molecule has 0 saturated carbocycles. The Balaban J connectivity index is 2.05. The Kier molecular flexibility index (Phi) is 11.4. The molecule has 0 spiro atoms. The number of carbonyl (C=O) groups is 3. The first-order chi connectivity index (χ1) is 16.4. The Bertz CT molecular complexity index is 905. The number of rotatable bonds is 13. The molecule has 0 aliphatic carbocycles. The van der Waals surface area contributed by atoms with Gasteiger partial charge in [-0.3, -0.25) is 4.79 Å². The number of hydrogen-bond acceptors (Lipinski definition) is 7. The summed E-state index contributed by atoms with van der Waals surface area (Å²) in [7, 11) is 0. The highest BCUT2D eigenvalue weighted by molar-refractivity contribution is 5.89. The molecule has 2 aromatic rings. The number of esters is 1. The fraction of sp³-hybridized carbons (Fsp3) is 0.400. The number of amides is 2. The van der Waals surface area contributed by atoms with Crippen molar-refractivity contribution in [3.63, 3.8) is 0 Å². The van der Waals surface area contributed by atoms with Crippen LogP contribution in [0.2, 0.25) is 0 Å². The summed E-state index contributed by atoms with van der Waals surface area (Å²) in [4.78, 5) is 37.9. The first kappa shape index (κ1) is 26.7. The van der Waals surface area contributed by atoms with Gasteiger partial charge in [0.05, 0.1) is 6.61 Å². The van der Waals surface area contributed by atoms with Crippen LogP contribution < -0.4 is 16.4 Å².